The Morgan fingerprint density at radius 1 is 1.05 bits per heavy atom. The zero-order valence-corrected chi connectivity index (χ0v) is 13.1. The molecule has 0 radical (unpaired) electrons. The van der Waals surface area contributed by atoms with Crippen molar-refractivity contribution in [1.29, 1.82) is 0 Å². The molecule has 3 N–H and O–H groups in total. The number of primary sulfonamides is 1. The quantitative estimate of drug-likeness (QED) is 0.865. The Hall–Kier alpha value is -1.21. The van der Waals surface area contributed by atoms with Crippen molar-refractivity contribution in [3.63, 3.8) is 0 Å². The van der Waals surface area contributed by atoms with Gasteiger partial charge in [-0.05, 0) is 29.3 Å². The second-order valence-corrected chi connectivity index (χ2v) is 6.80. The highest BCUT2D eigenvalue weighted by Crippen LogP contribution is 2.15. The number of rotatable bonds is 5. The molecule has 0 aromatic heterocycles. The number of hydrogen-bond donors (Lipinski definition) is 2. The third-order valence-electron chi connectivity index (χ3n) is 2.83. The van der Waals surface area contributed by atoms with Gasteiger partial charge in [0.15, 0.2) is 0 Å². The molecule has 0 unspecified atom stereocenters. The highest BCUT2D eigenvalue weighted by molar-refractivity contribution is 9.10. The van der Waals surface area contributed by atoms with Gasteiger partial charge in [-0.25, -0.2) is 13.6 Å². The van der Waals surface area contributed by atoms with Gasteiger partial charge in [0.1, 0.15) is 0 Å². The summed E-state index contributed by atoms with van der Waals surface area (Å²) in [5.41, 5.74) is 2.03. The van der Waals surface area contributed by atoms with Crippen LogP contribution in [-0.4, -0.2) is 8.42 Å². The van der Waals surface area contributed by atoms with Crippen LogP contribution in [0.25, 0.3) is 0 Å². The maximum Gasteiger partial charge on any atom is 0.238 e. The van der Waals surface area contributed by atoms with Crippen LogP contribution in [0.4, 0.5) is 0 Å². The predicted molar refractivity (Wildman–Crippen MR) is 82.5 cm³/mol. The van der Waals surface area contributed by atoms with E-state index in [1.165, 1.54) is 6.07 Å². The summed E-state index contributed by atoms with van der Waals surface area (Å²) in [5.74, 6) is 0. The van der Waals surface area contributed by atoms with Crippen LogP contribution in [0, 0.1) is 0 Å². The van der Waals surface area contributed by atoms with E-state index in [2.05, 4.69) is 21.2 Å². The van der Waals surface area contributed by atoms with Gasteiger partial charge in [-0.3, -0.25) is 0 Å². The lowest BCUT2D eigenvalue weighted by Crippen LogP contribution is -2.15. The smallest absolute Gasteiger partial charge is 0.238 e. The highest BCUT2D eigenvalue weighted by atomic mass is 79.9. The maximum absolute atomic E-state index is 11.3. The molecule has 0 spiro atoms. The van der Waals surface area contributed by atoms with E-state index in [0.29, 0.717) is 13.1 Å². The molecule has 20 heavy (non-hydrogen) atoms. The molecule has 2 rings (SSSR count). The fraction of sp³-hybridized carbons (Fsp3) is 0.143. The SMILES string of the molecule is NS(=O)(=O)c1cccc(CNCc2ccccc2Br)c1. The first kappa shape index (κ1) is 15.2. The topological polar surface area (TPSA) is 72.2 Å². The third-order valence-corrected chi connectivity index (χ3v) is 4.51. The van der Waals surface area contributed by atoms with Crippen molar-refractivity contribution in [3.8, 4) is 0 Å². The molecule has 2 aromatic rings. The molecule has 0 amide bonds. The highest BCUT2D eigenvalue weighted by Gasteiger charge is 2.07. The van der Waals surface area contributed by atoms with Crippen molar-refractivity contribution in [2.75, 3.05) is 0 Å². The summed E-state index contributed by atoms with van der Waals surface area (Å²) >= 11 is 3.48. The zero-order chi connectivity index (χ0) is 14.6. The molecule has 6 heteroatoms. The largest absolute Gasteiger partial charge is 0.309 e. The molecular weight excluding hydrogens is 340 g/mol. The molecule has 0 aliphatic carbocycles. The van der Waals surface area contributed by atoms with Crippen LogP contribution in [0.3, 0.4) is 0 Å². The van der Waals surface area contributed by atoms with Crippen molar-refractivity contribution >= 4 is 26.0 Å². The van der Waals surface area contributed by atoms with E-state index < -0.39 is 10.0 Å². The maximum atomic E-state index is 11.3. The molecule has 0 fully saturated rings. The summed E-state index contributed by atoms with van der Waals surface area (Å²) in [6, 6.07) is 14.6. The molecule has 0 aliphatic rings. The van der Waals surface area contributed by atoms with E-state index in [0.717, 1.165) is 15.6 Å². The van der Waals surface area contributed by atoms with Crippen molar-refractivity contribution in [3.05, 3.63) is 64.1 Å². The van der Waals surface area contributed by atoms with Crippen LogP contribution in [0.2, 0.25) is 0 Å². The summed E-state index contributed by atoms with van der Waals surface area (Å²) in [5, 5.41) is 8.38. The summed E-state index contributed by atoms with van der Waals surface area (Å²) in [6.45, 7) is 1.27. The average molecular weight is 355 g/mol. The number of halogens is 1. The third kappa shape index (κ3) is 4.14. The summed E-state index contributed by atoms with van der Waals surface area (Å²) in [6.07, 6.45) is 0. The number of sulfonamides is 1. The van der Waals surface area contributed by atoms with Gasteiger partial charge < -0.3 is 5.32 Å². The van der Waals surface area contributed by atoms with E-state index in [1.807, 2.05) is 30.3 Å². The average Bonchev–Trinajstić information content (AvgIpc) is 2.40. The van der Waals surface area contributed by atoms with E-state index in [1.54, 1.807) is 12.1 Å². The number of benzene rings is 2. The summed E-state index contributed by atoms with van der Waals surface area (Å²) in [7, 11) is -3.64. The van der Waals surface area contributed by atoms with Gasteiger partial charge in [0.05, 0.1) is 4.90 Å². The Morgan fingerprint density at radius 3 is 2.50 bits per heavy atom. The normalized spacial score (nSPS) is 11.5. The lowest BCUT2D eigenvalue weighted by molar-refractivity contribution is 0.597. The molecule has 106 valence electrons. The molecule has 0 saturated heterocycles. The first-order chi connectivity index (χ1) is 9.47. The van der Waals surface area contributed by atoms with Crippen LogP contribution >= 0.6 is 15.9 Å². The molecule has 4 nitrogen and oxygen atoms in total. The second kappa shape index (κ2) is 6.49. The van der Waals surface area contributed by atoms with Crippen molar-refractivity contribution < 1.29 is 8.42 Å². The van der Waals surface area contributed by atoms with Gasteiger partial charge >= 0.3 is 0 Å². The molecule has 0 atom stereocenters. The number of nitrogens with two attached hydrogens (primary N) is 1. The van der Waals surface area contributed by atoms with Crippen molar-refractivity contribution in [2.45, 2.75) is 18.0 Å². The summed E-state index contributed by atoms with van der Waals surface area (Å²) < 4.78 is 23.6. The minimum absolute atomic E-state index is 0.137. The molecule has 0 bridgehead atoms. The minimum Gasteiger partial charge on any atom is -0.309 e. The zero-order valence-electron chi connectivity index (χ0n) is 10.7. The fourth-order valence-corrected chi connectivity index (χ4v) is 2.82. The first-order valence-electron chi connectivity index (χ1n) is 6.03. The predicted octanol–water partition coefficient (Wildman–Crippen LogP) is 2.39. The molecular formula is C14H15BrN2O2S. The Kier molecular flexibility index (Phi) is 4.93. The monoisotopic (exact) mass is 354 g/mol. The van der Waals surface area contributed by atoms with Crippen molar-refractivity contribution in [2.24, 2.45) is 5.14 Å². The van der Waals surface area contributed by atoms with Gasteiger partial charge in [0.2, 0.25) is 10.0 Å². The van der Waals surface area contributed by atoms with Gasteiger partial charge in [0.25, 0.3) is 0 Å². The Bertz CT molecular complexity index is 702. The van der Waals surface area contributed by atoms with Gasteiger partial charge in [-0.2, -0.15) is 0 Å². The molecule has 0 aliphatic heterocycles. The Balaban J connectivity index is 2.00. The first-order valence-corrected chi connectivity index (χ1v) is 8.36. The lowest BCUT2D eigenvalue weighted by atomic mass is 10.2. The van der Waals surface area contributed by atoms with Crippen LogP contribution in [-0.2, 0) is 23.1 Å². The van der Waals surface area contributed by atoms with Crippen LogP contribution in [0.15, 0.2) is 57.9 Å². The minimum atomic E-state index is -3.64. The Morgan fingerprint density at radius 2 is 1.80 bits per heavy atom. The van der Waals surface area contributed by atoms with Gasteiger partial charge in [0, 0.05) is 17.6 Å². The van der Waals surface area contributed by atoms with Crippen molar-refractivity contribution in [1.82, 2.24) is 5.32 Å². The van der Waals surface area contributed by atoms with Crippen LogP contribution in [0.5, 0.6) is 0 Å². The second-order valence-electron chi connectivity index (χ2n) is 4.39. The van der Waals surface area contributed by atoms with Gasteiger partial charge in [-0.1, -0.05) is 46.3 Å². The standard InChI is InChI=1S/C14H15BrN2O2S/c15-14-7-2-1-5-12(14)10-17-9-11-4-3-6-13(8-11)20(16,18)19/h1-8,17H,9-10H2,(H2,16,18,19). The molecule has 0 saturated carbocycles. The van der Waals surface area contributed by atoms with E-state index >= 15 is 0 Å². The Labute approximate surface area is 127 Å². The van der Waals surface area contributed by atoms with Gasteiger partial charge in [-0.15, -0.1) is 0 Å². The summed E-state index contributed by atoms with van der Waals surface area (Å²) in [4.78, 5) is 0.137. The van der Waals surface area contributed by atoms with Crippen LogP contribution in [0.1, 0.15) is 11.1 Å². The number of hydrogen-bond acceptors (Lipinski definition) is 3. The fourth-order valence-electron chi connectivity index (χ4n) is 1.82. The number of nitrogens with one attached hydrogen (secondary N) is 1. The molecule has 0 heterocycles. The lowest BCUT2D eigenvalue weighted by Gasteiger charge is -2.08. The van der Waals surface area contributed by atoms with E-state index in [-0.39, 0.29) is 4.90 Å². The van der Waals surface area contributed by atoms with E-state index in [4.69, 9.17) is 5.14 Å². The molecule has 2 aromatic carbocycles. The van der Waals surface area contributed by atoms with Crippen LogP contribution < -0.4 is 10.5 Å². The van der Waals surface area contributed by atoms with E-state index in [9.17, 15) is 8.42 Å².